The molecule has 0 radical (unpaired) electrons. The summed E-state index contributed by atoms with van der Waals surface area (Å²) in [5.74, 6) is 1.27. The molecule has 1 fully saturated rings. The van der Waals surface area contributed by atoms with Gasteiger partial charge in [0.15, 0.2) is 0 Å². The lowest BCUT2D eigenvalue weighted by atomic mass is 10.1. The molecule has 17 heavy (non-hydrogen) atoms. The smallest absolute Gasteiger partial charge is 0.233 e. The maximum Gasteiger partial charge on any atom is 0.233 e. The van der Waals surface area contributed by atoms with E-state index in [1.807, 2.05) is 24.3 Å². The van der Waals surface area contributed by atoms with Crippen molar-refractivity contribution in [2.45, 2.75) is 31.1 Å². The Bertz CT molecular complexity index is 389. The lowest BCUT2D eigenvalue weighted by Crippen LogP contribution is -2.33. The summed E-state index contributed by atoms with van der Waals surface area (Å²) < 4.78 is 0. The molecule has 1 amide bonds. The number of carbonyl (C=O) groups excluding carboxylic acids is 1. The number of nitrogens with two attached hydrogens (primary N) is 1. The average molecular weight is 250 g/mol. The van der Waals surface area contributed by atoms with E-state index in [4.69, 9.17) is 5.73 Å². The second kappa shape index (κ2) is 5.96. The fraction of sp³-hybridized carbons (Fsp3) is 0.462. The molecule has 1 unspecified atom stereocenters. The number of benzene rings is 1. The van der Waals surface area contributed by atoms with Crippen molar-refractivity contribution in [2.24, 2.45) is 0 Å². The molecule has 0 bridgehead atoms. The Hall–Kier alpha value is -1.16. The van der Waals surface area contributed by atoms with E-state index in [-0.39, 0.29) is 11.2 Å². The van der Waals surface area contributed by atoms with Crippen molar-refractivity contribution in [3.63, 3.8) is 0 Å². The number of anilines is 1. The maximum absolute atomic E-state index is 11.9. The Morgan fingerprint density at radius 1 is 1.47 bits per heavy atom. The van der Waals surface area contributed by atoms with Gasteiger partial charge in [-0.25, -0.2) is 0 Å². The quantitative estimate of drug-likeness (QED) is 0.808. The van der Waals surface area contributed by atoms with Gasteiger partial charge in [-0.05, 0) is 36.3 Å². The number of thioether (sulfide) groups is 1. The van der Waals surface area contributed by atoms with Crippen molar-refractivity contribution in [3.8, 4) is 0 Å². The molecule has 0 saturated carbocycles. The van der Waals surface area contributed by atoms with E-state index in [1.54, 1.807) is 11.8 Å². The lowest BCUT2D eigenvalue weighted by Gasteiger charge is -2.20. The second-order valence-electron chi connectivity index (χ2n) is 4.32. The molecule has 1 aliphatic rings. The maximum atomic E-state index is 11.9. The van der Waals surface area contributed by atoms with Crippen LogP contribution >= 0.6 is 11.8 Å². The number of rotatable bonds is 3. The van der Waals surface area contributed by atoms with Gasteiger partial charge in [0.25, 0.3) is 0 Å². The standard InChI is InChI=1S/C13H18N2OS/c14-11-5-3-4-10(8-11)9-15-13(16)12-6-1-2-7-17-12/h3-5,8,12H,1-2,6-7,9,14H2,(H,15,16). The molecular formula is C13H18N2OS. The van der Waals surface area contributed by atoms with Crippen LogP contribution < -0.4 is 11.1 Å². The number of hydrogen-bond donors (Lipinski definition) is 2. The predicted molar refractivity (Wildman–Crippen MR) is 72.8 cm³/mol. The first-order chi connectivity index (χ1) is 8.25. The zero-order valence-corrected chi connectivity index (χ0v) is 10.6. The van der Waals surface area contributed by atoms with E-state index < -0.39 is 0 Å². The summed E-state index contributed by atoms with van der Waals surface area (Å²) in [6.45, 7) is 0.570. The minimum atomic E-state index is 0.143. The van der Waals surface area contributed by atoms with Crippen LogP contribution in [0.15, 0.2) is 24.3 Å². The number of carbonyl (C=O) groups is 1. The summed E-state index contributed by atoms with van der Waals surface area (Å²) in [6, 6.07) is 7.63. The van der Waals surface area contributed by atoms with Crippen molar-refractivity contribution in [1.29, 1.82) is 0 Å². The summed E-state index contributed by atoms with van der Waals surface area (Å²) in [5.41, 5.74) is 7.49. The minimum Gasteiger partial charge on any atom is -0.399 e. The van der Waals surface area contributed by atoms with Gasteiger partial charge < -0.3 is 11.1 Å². The Morgan fingerprint density at radius 2 is 2.35 bits per heavy atom. The molecule has 0 spiro atoms. The topological polar surface area (TPSA) is 55.1 Å². The third kappa shape index (κ3) is 3.66. The first kappa shape index (κ1) is 12.3. The number of nitrogens with one attached hydrogen (secondary N) is 1. The van der Waals surface area contributed by atoms with Crippen molar-refractivity contribution in [2.75, 3.05) is 11.5 Å². The molecule has 1 aromatic carbocycles. The molecule has 2 rings (SSSR count). The molecule has 1 aliphatic heterocycles. The Morgan fingerprint density at radius 3 is 3.06 bits per heavy atom. The van der Waals surface area contributed by atoms with Crippen molar-refractivity contribution >= 4 is 23.4 Å². The highest BCUT2D eigenvalue weighted by Crippen LogP contribution is 2.25. The fourth-order valence-electron chi connectivity index (χ4n) is 1.95. The molecule has 3 N–H and O–H groups in total. The van der Waals surface area contributed by atoms with Gasteiger partial charge >= 0.3 is 0 Å². The molecule has 1 heterocycles. The summed E-state index contributed by atoms with van der Waals surface area (Å²) in [6.07, 6.45) is 3.42. The largest absolute Gasteiger partial charge is 0.399 e. The average Bonchev–Trinajstić information content (AvgIpc) is 2.37. The zero-order chi connectivity index (χ0) is 12.1. The Kier molecular flexibility index (Phi) is 4.31. The molecule has 1 aromatic rings. The summed E-state index contributed by atoms with van der Waals surface area (Å²) in [7, 11) is 0. The summed E-state index contributed by atoms with van der Waals surface area (Å²) >= 11 is 1.77. The fourth-order valence-corrected chi connectivity index (χ4v) is 3.18. The van der Waals surface area contributed by atoms with Crippen molar-refractivity contribution in [1.82, 2.24) is 5.32 Å². The highest BCUT2D eigenvalue weighted by Gasteiger charge is 2.21. The van der Waals surface area contributed by atoms with E-state index in [1.165, 1.54) is 12.8 Å². The van der Waals surface area contributed by atoms with E-state index in [0.29, 0.717) is 6.54 Å². The van der Waals surface area contributed by atoms with Gasteiger partial charge in [0.1, 0.15) is 0 Å². The SMILES string of the molecule is Nc1cccc(CNC(=O)C2CCCCS2)c1. The molecule has 0 aliphatic carbocycles. The van der Waals surface area contributed by atoms with Gasteiger partial charge in [0.2, 0.25) is 5.91 Å². The van der Waals surface area contributed by atoms with Crippen LogP contribution in [0, 0.1) is 0 Å². The van der Waals surface area contributed by atoms with E-state index in [2.05, 4.69) is 5.32 Å². The van der Waals surface area contributed by atoms with Gasteiger partial charge in [-0.3, -0.25) is 4.79 Å². The van der Waals surface area contributed by atoms with Gasteiger partial charge in [-0.1, -0.05) is 18.6 Å². The van der Waals surface area contributed by atoms with Crippen LogP contribution in [0.5, 0.6) is 0 Å². The molecule has 4 heteroatoms. The van der Waals surface area contributed by atoms with E-state index in [0.717, 1.165) is 23.4 Å². The van der Waals surface area contributed by atoms with Gasteiger partial charge in [-0.15, -0.1) is 11.8 Å². The van der Waals surface area contributed by atoms with Gasteiger partial charge in [0.05, 0.1) is 5.25 Å². The third-order valence-corrected chi connectivity index (χ3v) is 4.27. The normalized spacial score (nSPS) is 19.9. The van der Waals surface area contributed by atoms with Crippen LogP contribution in [-0.2, 0) is 11.3 Å². The van der Waals surface area contributed by atoms with Crippen LogP contribution in [0.4, 0.5) is 5.69 Å². The van der Waals surface area contributed by atoms with Crippen LogP contribution in [-0.4, -0.2) is 16.9 Å². The van der Waals surface area contributed by atoms with Crippen molar-refractivity contribution in [3.05, 3.63) is 29.8 Å². The van der Waals surface area contributed by atoms with Crippen LogP contribution in [0.25, 0.3) is 0 Å². The number of amides is 1. The van der Waals surface area contributed by atoms with Crippen LogP contribution in [0.3, 0.4) is 0 Å². The monoisotopic (exact) mass is 250 g/mol. The molecular weight excluding hydrogens is 232 g/mol. The zero-order valence-electron chi connectivity index (χ0n) is 9.82. The van der Waals surface area contributed by atoms with Gasteiger partial charge in [-0.2, -0.15) is 0 Å². The first-order valence-electron chi connectivity index (χ1n) is 5.99. The highest BCUT2D eigenvalue weighted by molar-refractivity contribution is 8.00. The summed E-state index contributed by atoms with van der Waals surface area (Å²) in [4.78, 5) is 11.9. The van der Waals surface area contributed by atoms with Crippen molar-refractivity contribution < 1.29 is 4.79 Å². The molecule has 1 saturated heterocycles. The minimum absolute atomic E-state index is 0.143. The third-order valence-electron chi connectivity index (χ3n) is 2.89. The Labute approximate surface area is 106 Å². The molecule has 0 aromatic heterocycles. The number of hydrogen-bond acceptors (Lipinski definition) is 3. The Balaban J connectivity index is 1.83. The molecule has 1 atom stereocenters. The second-order valence-corrected chi connectivity index (χ2v) is 5.63. The van der Waals surface area contributed by atoms with E-state index in [9.17, 15) is 4.79 Å². The van der Waals surface area contributed by atoms with Crippen LogP contribution in [0.2, 0.25) is 0 Å². The van der Waals surface area contributed by atoms with Crippen LogP contribution in [0.1, 0.15) is 24.8 Å². The van der Waals surface area contributed by atoms with E-state index >= 15 is 0 Å². The lowest BCUT2D eigenvalue weighted by molar-refractivity contribution is -0.120. The highest BCUT2D eigenvalue weighted by atomic mass is 32.2. The number of nitrogen functional groups attached to an aromatic ring is 1. The molecule has 92 valence electrons. The predicted octanol–water partition coefficient (Wildman–Crippen LogP) is 2.17. The molecule has 3 nitrogen and oxygen atoms in total. The summed E-state index contributed by atoms with van der Waals surface area (Å²) in [5, 5.41) is 3.12. The van der Waals surface area contributed by atoms with Gasteiger partial charge in [0, 0.05) is 12.2 Å². The first-order valence-corrected chi connectivity index (χ1v) is 7.04.